The Balaban J connectivity index is -0.00000162. The second kappa shape index (κ2) is 10.8. The molecule has 2 amide bonds. The first-order chi connectivity index (χ1) is 8.97. The van der Waals surface area contributed by atoms with Gasteiger partial charge >= 0.3 is 0 Å². The first-order valence-electron chi connectivity index (χ1n) is 6.52. The predicted octanol–water partition coefficient (Wildman–Crippen LogP) is 1.47. The van der Waals surface area contributed by atoms with Crippen LogP contribution in [-0.4, -0.2) is 42.7 Å². The van der Waals surface area contributed by atoms with E-state index in [1.54, 1.807) is 11.8 Å². The predicted molar refractivity (Wildman–Crippen MR) is 82.3 cm³/mol. The number of rotatable bonds is 10. The second-order valence-electron chi connectivity index (χ2n) is 4.56. The molecule has 0 rings (SSSR count). The van der Waals surface area contributed by atoms with Crippen LogP contribution in [0.2, 0.25) is 0 Å². The van der Waals surface area contributed by atoms with E-state index in [0.717, 1.165) is 5.75 Å². The van der Waals surface area contributed by atoms with Crippen LogP contribution in [0.25, 0.3) is 0 Å². The summed E-state index contributed by atoms with van der Waals surface area (Å²) in [5.41, 5.74) is 0. The van der Waals surface area contributed by atoms with Crippen LogP contribution in [0.4, 0.5) is 0 Å². The average Bonchev–Trinajstić information content (AvgIpc) is 2.36. The highest BCUT2D eigenvalue weighted by Crippen LogP contribution is 1.97. The number of hydrogen-bond donors (Lipinski definition) is 2. The van der Waals surface area contributed by atoms with Gasteiger partial charge in [-0.3, -0.25) is 14.4 Å². The average molecular weight is 292 g/mol. The zero-order chi connectivity index (χ0) is 14.7. The van der Waals surface area contributed by atoms with Gasteiger partial charge in [0.15, 0.2) is 0 Å². The fourth-order valence-electron chi connectivity index (χ4n) is 1.30. The van der Waals surface area contributed by atoms with Gasteiger partial charge in [-0.25, -0.2) is 0 Å². The summed E-state index contributed by atoms with van der Waals surface area (Å²) in [6, 6.07) is 0. The van der Waals surface area contributed by atoms with Crippen molar-refractivity contribution in [3.63, 3.8) is 0 Å². The number of thioether (sulfide) groups is 1. The van der Waals surface area contributed by atoms with Crippen LogP contribution in [0, 0.1) is 5.92 Å². The summed E-state index contributed by atoms with van der Waals surface area (Å²) in [5, 5.41) is 5.36. The Hall–Kier alpha value is -1.04. The molecule has 0 heterocycles. The van der Waals surface area contributed by atoms with Gasteiger partial charge in [0.1, 0.15) is 5.78 Å². The molecule has 0 aromatic heterocycles. The van der Waals surface area contributed by atoms with E-state index in [1.165, 1.54) is 0 Å². The van der Waals surface area contributed by atoms with Gasteiger partial charge in [0.05, 0.1) is 0 Å². The molecule has 0 fully saturated rings. The second-order valence-corrected chi connectivity index (χ2v) is 5.55. The molecule has 0 aliphatic heterocycles. The molecule has 0 spiro atoms. The Morgan fingerprint density at radius 1 is 1.00 bits per heavy atom. The molecule has 2 N–H and O–H groups in total. The van der Waals surface area contributed by atoms with E-state index in [0.29, 0.717) is 25.9 Å². The lowest BCUT2D eigenvalue weighted by atomic mass is 10.1. The Morgan fingerprint density at radius 2 is 1.53 bits per heavy atom. The van der Waals surface area contributed by atoms with Crippen molar-refractivity contribution >= 4 is 29.4 Å². The van der Waals surface area contributed by atoms with Gasteiger partial charge in [-0.05, 0) is 6.26 Å². The SMILES string of the molecule is CSCCC(=O)NCCC(=O)NCCC(=O)C(C)C.[HH].[HH]. The van der Waals surface area contributed by atoms with Crippen molar-refractivity contribution < 1.29 is 17.2 Å². The summed E-state index contributed by atoms with van der Waals surface area (Å²) in [6.07, 6.45) is 3.04. The fraction of sp³-hybridized carbons (Fsp3) is 0.769. The topological polar surface area (TPSA) is 75.3 Å². The highest BCUT2D eigenvalue weighted by molar-refractivity contribution is 7.98. The first kappa shape index (κ1) is 18.0. The maximum atomic E-state index is 11.4. The minimum atomic E-state index is -0.137. The van der Waals surface area contributed by atoms with Crippen LogP contribution in [0.15, 0.2) is 0 Å². The summed E-state index contributed by atoms with van der Waals surface area (Å²) in [4.78, 5) is 34.0. The van der Waals surface area contributed by atoms with Gasteiger partial charge < -0.3 is 10.6 Å². The van der Waals surface area contributed by atoms with Crippen LogP contribution in [0.3, 0.4) is 0 Å². The molecule has 5 nitrogen and oxygen atoms in total. The Morgan fingerprint density at radius 3 is 2.05 bits per heavy atom. The van der Waals surface area contributed by atoms with Gasteiger partial charge in [0, 0.05) is 46.9 Å². The van der Waals surface area contributed by atoms with E-state index in [4.69, 9.17) is 0 Å². The van der Waals surface area contributed by atoms with Gasteiger partial charge in [0.2, 0.25) is 11.8 Å². The molecule has 0 radical (unpaired) electrons. The minimum Gasteiger partial charge on any atom is -0.356 e. The maximum Gasteiger partial charge on any atom is 0.221 e. The molecule has 0 saturated heterocycles. The van der Waals surface area contributed by atoms with Crippen molar-refractivity contribution in [1.82, 2.24) is 10.6 Å². The smallest absolute Gasteiger partial charge is 0.221 e. The maximum absolute atomic E-state index is 11.4. The van der Waals surface area contributed by atoms with Crippen LogP contribution in [-0.2, 0) is 14.4 Å². The summed E-state index contributed by atoms with van der Waals surface area (Å²) >= 11 is 1.61. The molecule has 0 aromatic carbocycles. The summed E-state index contributed by atoms with van der Waals surface area (Å²) in [7, 11) is 0. The van der Waals surface area contributed by atoms with E-state index in [2.05, 4.69) is 10.6 Å². The number of amides is 2. The van der Waals surface area contributed by atoms with Gasteiger partial charge in [0.25, 0.3) is 0 Å². The number of carbonyl (C=O) groups is 3. The zero-order valence-corrected chi connectivity index (χ0v) is 12.8. The number of nitrogens with one attached hydrogen (secondary N) is 2. The van der Waals surface area contributed by atoms with Gasteiger partial charge in [-0.2, -0.15) is 11.8 Å². The van der Waals surface area contributed by atoms with E-state index < -0.39 is 0 Å². The Bertz CT molecular complexity index is 316. The van der Waals surface area contributed by atoms with Crippen molar-refractivity contribution in [2.45, 2.75) is 33.1 Å². The van der Waals surface area contributed by atoms with Crippen LogP contribution >= 0.6 is 11.8 Å². The molecule has 0 atom stereocenters. The van der Waals surface area contributed by atoms with Crippen LogP contribution in [0.1, 0.15) is 36.0 Å². The molecular weight excluding hydrogens is 264 g/mol. The fourth-order valence-corrected chi connectivity index (χ4v) is 1.69. The standard InChI is InChI=1S/C13H24N2O3S.2H2/c1-10(2)11(16)4-7-14-12(17)5-8-15-13(18)6-9-19-3;;/h10H,4-9H2,1-3H3,(H,14,17)(H,15,18);2*1H. The number of carbonyl (C=O) groups excluding carboxylic acids is 3. The van der Waals surface area contributed by atoms with E-state index >= 15 is 0 Å². The summed E-state index contributed by atoms with van der Waals surface area (Å²) in [6.45, 7) is 4.40. The lowest BCUT2D eigenvalue weighted by Gasteiger charge is -2.07. The highest BCUT2D eigenvalue weighted by Gasteiger charge is 2.08. The number of ketones is 1. The Kier molecular flexibility index (Phi) is 10.2. The van der Waals surface area contributed by atoms with Gasteiger partial charge in [-0.15, -0.1) is 0 Å². The molecule has 114 valence electrons. The molecule has 0 aliphatic carbocycles. The monoisotopic (exact) mass is 292 g/mol. The lowest BCUT2D eigenvalue weighted by molar-refractivity contribution is -0.122. The normalized spacial score (nSPS) is 10.3. The van der Waals surface area contributed by atoms with Crippen molar-refractivity contribution in [2.75, 3.05) is 25.1 Å². The molecule has 0 saturated carbocycles. The van der Waals surface area contributed by atoms with Crippen molar-refractivity contribution in [3.8, 4) is 0 Å². The largest absolute Gasteiger partial charge is 0.356 e. The van der Waals surface area contributed by atoms with E-state index in [-0.39, 0.29) is 32.8 Å². The van der Waals surface area contributed by atoms with Crippen molar-refractivity contribution in [3.05, 3.63) is 0 Å². The molecule has 6 heteroatoms. The minimum absolute atomic E-state index is 0. The van der Waals surface area contributed by atoms with E-state index in [1.807, 2.05) is 20.1 Å². The molecule has 0 aromatic rings. The third kappa shape index (κ3) is 10.6. The van der Waals surface area contributed by atoms with Crippen molar-refractivity contribution in [1.29, 1.82) is 0 Å². The molecular formula is C13H28N2O3S. The first-order valence-corrected chi connectivity index (χ1v) is 7.91. The van der Waals surface area contributed by atoms with Crippen LogP contribution in [0.5, 0.6) is 0 Å². The Labute approximate surface area is 122 Å². The third-order valence-corrected chi connectivity index (χ3v) is 3.16. The molecule has 0 bridgehead atoms. The van der Waals surface area contributed by atoms with E-state index in [9.17, 15) is 14.4 Å². The third-order valence-electron chi connectivity index (χ3n) is 2.54. The molecule has 0 aliphatic rings. The zero-order valence-electron chi connectivity index (χ0n) is 12.0. The number of Topliss-reactive ketones (excluding diaryl/α,β-unsaturated/α-hetero) is 1. The highest BCUT2D eigenvalue weighted by atomic mass is 32.2. The van der Waals surface area contributed by atoms with Crippen LogP contribution < -0.4 is 10.6 Å². The quantitative estimate of drug-likeness (QED) is 0.639. The molecule has 19 heavy (non-hydrogen) atoms. The molecule has 0 unspecified atom stereocenters. The van der Waals surface area contributed by atoms with Crippen molar-refractivity contribution in [2.24, 2.45) is 5.92 Å². The lowest BCUT2D eigenvalue weighted by Crippen LogP contribution is -2.32. The summed E-state index contributed by atoms with van der Waals surface area (Å²) < 4.78 is 0. The summed E-state index contributed by atoms with van der Waals surface area (Å²) in [5.74, 6) is 0.771. The number of hydrogen-bond acceptors (Lipinski definition) is 4. The van der Waals surface area contributed by atoms with Gasteiger partial charge in [-0.1, -0.05) is 13.8 Å².